The maximum Gasteiger partial charge on any atom is 0.245 e. The number of hydrogen-bond acceptors (Lipinski definition) is 5. The third-order valence-corrected chi connectivity index (χ3v) is 8.71. The summed E-state index contributed by atoms with van der Waals surface area (Å²) in [5, 5.41) is 0.693. The van der Waals surface area contributed by atoms with Gasteiger partial charge in [0.2, 0.25) is 15.9 Å². The van der Waals surface area contributed by atoms with E-state index < -0.39 is 10.0 Å². The predicted octanol–water partition coefficient (Wildman–Crippen LogP) is 3.83. The quantitative estimate of drug-likeness (QED) is 0.542. The van der Waals surface area contributed by atoms with Crippen LogP contribution in [0.25, 0.3) is 10.9 Å². The fourth-order valence-electron chi connectivity index (χ4n) is 3.89. The molecule has 162 valence electrons. The number of carbonyl (C=O) groups is 1. The lowest BCUT2D eigenvalue weighted by Gasteiger charge is -2.28. The molecule has 0 bridgehead atoms. The van der Waals surface area contributed by atoms with Gasteiger partial charge >= 0.3 is 0 Å². The highest BCUT2D eigenvalue weighted by Gasteiger charge is 2.34. The SMILES string of the molecule is CCN(CCN1C(=O)CSC1c1cccc(C)c1)S(=O)(=O)c1cccc2cccnc12. The molecule has 1 atom stereocenters. The minimum absolute atomic E-state index is 0.0387. The molecule has 1 fully saturated rings. The van der Waals surface area contributed by atoms with Crippen LogP contribution in [0, 0.1) is 6.92 Å². The number of thioether (sulfide) groups is 1. The van der Waals surface area contributed by atoms with Crippen molar-refractivity contribution in [3.8, 4) is 0 Å². The molecule has 0 radical (unpaired) electrons. The number of hydrogen-bond donors (Lipinski definition) is 0. The van der Waals surface area contributed by atoms with Crippen LogP contribution in [0.2, 0.25) is 0 Å². The Bertz CT molecular complexity index is 1210. The first-order chi connectivity index (χ1) is 14.9. The number of nitrogens with zero attached hydrogens (tertiary/aromatic N) is 3. The molecule has 1 aromatic heterocycles. The summed E-state index contributed by atoms with van der Waals surface area (Å²) in [7, 11) is -3.75. The molecule has 1 amide bonds. The Kier molecular flexibility index (Phi) is 6.31. The molecule has 3 aromatic rings. The zero-order chi connectivity index (χ0) is 22.0. The van der Waals surface area contributed by atoms with Crippen molar-refractivity contribution in [1.29, 1.82) is 0 Å². The van der Waals surface area contributed by atoms with Gasteiger partial charge in [0, 0.05) is 31.2 Å². The van der Waals surface area contributed by atoms with Gasteiger partial charge in [0.25, 0.3) is 0 Å². The van der Waals surface area contributed by atoms with Crippen molar-refractivity contribution >= 4 is 38.6 Å². The van der Waals surface area contributed by atoms with Crippen LogP contribution in [0.1, 0.15) is 23.4 Å². The summed E-state index contributed by atoms with van der Waals surface area (Å²) in [6, 6.07) is 16.9. The number of amides is 1. The van der Waals surface area contributed by atoms with Crippen molar-refractivity contribution in [3.63, 3.8) is 0 Å². The molecule has 6 nitrogen and oxygen atoms in total. The van der Waals surface area contributed by atoms with Crippen LogP contribution >= 0.6 is 11.8 Å². The van der Waals surface area contributed by atoms with Crippen molar-refractivity contribution in [2.75, 3.05) is 25.4 Å². The lowest BCUT2D eigenvalue weighted by molar-refractivity contribution is -0.128. The molecule has 1 aliphatic rings. The molecule has 0 spiro atoms. The molecular formula is C23H25N3O3S2. The van der Waals surface area contributed by atoms with Gasteiger partial charge in [-0.3, -0.25) is 9.78 Å². The highest BCUT2D eigenvalue weighted by molar-refractivity contribution is 8.00. The van der Waals surface area contributed by atoms with E-state index in [0.29, 0.717) is 24.4 Å². The Labute approximate surface area is 187 Å². The molecule has 1 unspecified atom stereocenters. The van der Waals surface area contributed by atoms with Gasteiger partial charge in [-0.2, -0.15) is 4.31 Å². The zero-order valence-electron chi connectivity index (χ0n) is 17.6. The van der Waals surface area contributed by atoms with Crippen LogP contribution in [0.15, 0.2) is 65.7 Å². The van der Waals surface area contributed by atoms with Crippen molar-refractivity contribution in [2.24, 2.45) is 0 Å². The molecule has 0 N–H and O–H groups in total. The molecular weight excluding hydrogens is 430 g/mol. The second-order valence-electron chi connectivity index (χ2n) is 7.49. The Morgan fingerprint density at radius 1 is 1.16 bits per heavy atom. The fourth-order valence-corrected chi connectivity index (χ4v) is 6.70. The zero-order valence-corrected chi connectivity index (χ0v) is 19.2. The Balaban J connectivity index is 1.58. The van der Waals surface area contributed by atoms with Gasteiger partial charge in [-0.15, -0.1) is 11.8 Å². The van der Waals surface area contributed by atoms with Crippen molar-refractivity contribution < 1.29 is 13.2 Å². The third kappa shape index (κ3) is 4.33. The number of aryl methyl sites for hydroxylation is 1. The third-order valence-electron chi connectivity index (χ3n) is 5.45. The van der Waals surface area contributed by atoms with E-state index in [1.54, 1.807) is 41.1 Å². The number of fused-ring (bicyclic) bond motifs is 1. The minimum atomic E-state index is -3.75. The van der Waals surface area contributed by atoms with E-state index in [4.69, 9.17) is 0 Å². The van der Waals surface area contributed by atoms with Gasteiger partial charge in [0.05, 0.1) is 11.3 Å². The van der Waals surface area contributed by atoms with E-state index in [-0.39, 0.29) is 22.7 Å². The maximum atomic E-state index is 13.4. The molecule has 1 aliphatic heterocycles. The van der Waals surface area contributed by atoms with E-state index in [0.717, 1.165) is 16.5 Å². The standard InChI is InChI=1S/C23H25N3O3S2/c1-3-25(31(28,29)20-11-5-8-18-10-6-12-24-22(18)20)13-14-26-21(27)16-30-23(26)19-9-4-7-17(2)15-19/h4-12,15,23H,3,13-14,16H2,1-2H3. The van der Waals surface area contributed by atoms with E-state index in [9.17, 15) is 13.2 Å². The van der Waals surface area contributed by atoms with E-state index in [2.05, 4.69) is 11.1 Å². The Morgan fingerprint density at radius 2 is 1.94 bits per heavy atom. The maximum absolute atomic E-state index is 13.4. The number of para-hydroxylation sites is 1. The number of sulfonamides is 1. The molecule has 2 aromatic carbocycles. The molecule has 1 saturated heterocycles. The average molecular weight is 456 g/mol. The van der Waals surface area contributed by atoms with Crippen molar-refractivity contribution in [3.05, 3.63) is 71.9 Å². The van der Waals surface area contributed by atoms with E-state index in [1.165, 1.54) is 4.31 Å². The number of likely N-dealkylation sites (N-methyl/N-ethyl adjacent to an activating group) is 1. The Hall–Kier alpha value is -2.42. The van der Waals surface area contributed by atoms with Crippen LogP contribution < -0.4 is 0 Å². The van der Waals surface area contributed by atoms with Crippen molar-refractivity contribution in [2.45, 2.75) is 24.1 Å². The van der Waals surface area contributed by atoms with Crippen LogP contribution in [-0.4, -0.2) is 53.9 Å². The molecule has 31 heavy (non-hydrogen) atoms. The second-order valence-corrected chi connectivity index (χ2v) is 10.5. The molecule has 0 aliphatic carbocycles. The summed E-state index contributed by atoms with van der Waals surface area (Å²) in [6.07, 6.45) is 1.60. The monoisotopic (exact) mass is 455 g/mol. The fraction of sp³-hybridized carbons (Fsp3) is 0.304. The van der Waals surface area contributed by atoms with E-state index in [1.807, 2.05) is 44.2 Å². The van der Waals surface area contributed by atoms with E-state index >= 15 is 0 Å². The van der Waals surface area contributed by atoms with Gasteiger partial charge in [-0.1, -0.05) is 55.0 Å². The topological polar surface area (TPSA) is 70.6 Å². The first kappa shape index (κ1) is 21.8. The number of carbonyl (C=O) groups excluding carboxylic acids is 1. The largest absolute Gasteiger partial charge is 0.325 e. The lowest BCUT2D eigenvalue weighted by atomic mass is 10.1. The molecule has 4 rings (SSSR count). The Morgan fingerprint density at radius 3 is 2.71 bits per heavy atom. The average Bonchev–Trinajstić information content (AvgIpc) is 3.14. The lowest BCUT2D eigenvalue weighted by Crippen LogP contribution is -2.40. The second kappa shape index (κ2) is 8.98. The number of pyridine rings is 1. The summed E-state index contributed by atoms with van der Waals surface area (Å²) in [6.45, 7) is 4.73. The number of rotatable bonds is 7. The van der Waals surface area contributed by atoms with Gasteiger partial charge in [0.1, 0.15) is 10.3 Å². The van der Waals surface area contributed by atoms with Crippen LogP contribution in [0.5, 0.6) is 0 Å². The minimum Gasteiger partial charge on any atom is -0.325 e. The number of benzene rings is 2. The molecule has 2 heterocycles. The highest BCUT2D eigenvalue weighted by Crippen LogP contribution is 2.38. The summed E-state index contributed by atoms with van der Waals surface area (Å²) in [5.74, 6) is 0.446. The van der Waals surface area contributed by atoms with Crippen molar-refractivity contribution in [1.82, 2.24) is 14.2 Å². The molecule has 0 saturated carbocycles. The number of aromatic nitrogens is 1. The van der Waals surface area contributed by atoms with Gasteiger partial charge in [0.15, 0.2) is 0 Å². The van der Waals surface area contributed by atoms with Gasteiger partial charge in [-0.05, 0) is 24.6 Å². The van der Waals surface area contributed by atoms with Crippen LogP contribution in [0.4, 0.5) is 0 Å². The summed E-state index contributed by atoms with van der Waals surface area (Å²) in [5.41, 5.74) is 2.67. The summed E-state index contributed by atoms with van der Waals surface area (Å²) in [4.78, 5) is 18.9. The smallest absolute Gasteiger partial charge is 0.245 e. The van der Waals surface area contributed by atoms with Gasteiger partial charge in [-0.25, -0.2) is 8.42 Å². The van der Waals surface area contributed by atoms with Crippen LogP contribution in [-0.2, 0) is 14.8 Å². The van der Waals surface area contributed by atoms with Crippen LogP contribution in [0.3, 0.4) is 0 Å². The first-order valence-corrected chi connectivity index (χ1v) is 12.7. The summed E-state index contributed by atoms with van der Waals surface area (Å²) < 4.78 is 28.3. The normalized spacial score (nSPS) is 17.1. The summed E-state index contributed by atoms with van der Waals surface area (Å²) >= 11 is 1.58. The highest BCUT2D eigenvalue weighted by atomic mass is 32.2. The first-order valence-electron chi connectivity index (χ1n) is 10.2. The van der Waals surface area contributed by atoms with Gasteiger partial charge < -0.3 is 4.90 Å². The predicted molar refractivity (Wildman–Crippen MR) is 124 cm³/mol. The molecule has 8 heteroatoms.